The van der Waals surface area contributed by atoms with Crippen LogP contribution in [0.25, 0.3) is 0 Å². The zero-order chi connectivity index (χ0) is 17.7. The van der Waals surface area contributed by atoms with E-state index in [0.29, 0.717) is 27.9 Å². The van der Waals surface area contributed by atoms with Crippen LogP contribution in [0, 0.1) is 0 Å². The van der Waals surface area contributed by atoms with E-state index in [9.17, 15) is 9.59 Å². The van der Waals surface area contributed by atoms with Crippen molar-refractivity contribution in [2.45, 2.75) is 33.6 Å². The highest BCUT2D eigenvalue weighted by Crippen LogP contribution is 2.28. The largest absolute Gasteiger partial charge is 0.377 e. The molecular formula is C20H22BrNO2. The van der Waals surface area contributed by atoms with Gasteiger partial charge in [0.25, 0.3) is 0 Å². The van der Waals surface area contributed by atoms with Gasteiger partial charge in [0.1, 0.15) is 5.70 Å². The van der Waals surface area contributed by atoms with E-state index in [1.807, 2.05) is 0 Å². The summed E-state index contributed by atoms with van der Waals surface area (Å²) >= 11 is 3.27. The maximum Gasteiger partial charge on any atom is 0.210 e. The zero-order valence-corrected chi connectivity index (χ0v) is 15.9. The van der Waals surface area contributed by atoms with Crippen LogP contribution in [0.3, 0.4) is 0 Å². The summed E-state index contributed by atoms with van der Waals surface area (Å²) in [7, 11) is 0. The lowest BCUT2D eigenvalue weighted by atomic mass is 9.92. The predicted octanol–water partition coefficient (Wildman–Crippen LogP) is 4.95. The van der Waals surface area contributed by atoms with E-state index in [0.717, 1.165) is 12.8 Å². The van der Waals surface area contributed by atoms with Gasteiger partial charge in [-0.1, -0.05) is 47.6 Å². The Morgan fingerprint density at radius 3 is 2.29 bits per heavy atom. The molecule has 2 rings (SSSR count). The molecule has 1 aromatic rings. The Morgan fingerprint density at radius 1 is 1.04 bits per heavy atom. The van der Waals surface area contributed by atoms with Crippen molar-refractivity contribution in [1.29, 1.82) is 0 Å². The van der Waals surface area contributed by atoms with E-state index in [4.69, 9.17) is 0 Å². The highest BCUT2D eigenvalue weighted by molar-refractivity contribution is 9.12. The third-order valence-electron chi connectivity index (χ3n) is 3.88. The molecule has 1 aliphatic rings. The summed E-state index contributed by atoms with van der Waals surface area (Å²) < 4.78 is 0.307. The Morgan fingerprint density at radius 2 is 1.67 bits per heavy atom. The van der Waals surface area contributed by atoms with Gasteiger partial charge in [0.15, 0.2) is 0 Å². The minimum Gasteiger partial charge on any atom is -0.377 e. The van der Waals surface area contributed by atoms with E-state index in [1.54, 1.807) is 24.3 Å². The smallest absolute Gasteiger partial charge is 0.210 e. The van der Waals surface area contributed by atoms with Crippen molar-refractivity contribution in [2.75, 3.05) is 6.54 Å². The Balaban J connectivity index is 2.05. The summed E-state index contributed by atoms with van der Waals surface area (Å²) in [5, 5.41) is 3.09. The summed E-state index contributed by atoms with van der Waals surface area (Å²) in [5.41, 5.74) is 3.82. The molecule has 0 saturated heterocycles. The van der Waals surface area contributed by atoms with Gasteiger partial charge in [0.2, 0.25) is 11.6 Å². The summed E-state index contributed by atoms with van der Waals surface area (Å²) in [4.78, 5) is 24.9. The number of carbonyl (C=O) groups excluding carboxylic acids is 2. The summed E-state index contributed by atoms with van der Waals surface area (Å²) in [6.45, 7) is 6.78. The molecule has 0 saturated carbocycles. The Hall–Kier alpha value is -1.94. The third kappa shape index (κ3) is 4.32. The predicted molar refractivity (Wildman–Crippen MR) is 101 cm³/mol. The van der Waals surface area contributed by atoms with Gasteiger partial charge in [-0.25, -0.2) is 0 Å². The van der Waals surface area contributed by atoms with Gasteiger partial charge in [-0.05, 0) is 49.5 Å². The van der Waals surface area contributed by atoms with Crippen molar-refractivity contribution >= 4 is 27.5 Å². The number of ketones is 2. The highest BCUT2D eigenvalue weighted by atomic mass is 79.9. The van der Waals surface area contributed by atoms with Crippen LogP contribution in [0.1, 0.15) is 54.3 Å². The molecule has 3 nitrogen and oxygen atoms in total. The number of fused-ring (bicyclic) bond motifs is 1. The second-order valence-corrected chi connectivity index (χ2v) is 6.94. The van der Waals surface area contributed by atoms with Gasteiger partial charge >= 0.3 is 0 Å². The Labute approximate surface area is 151 Å². The van der Waals surface area contributed by atoms with Crippen LogP contribution in [0.5, 0.6) is 0 Å². The fourth-order valence-corrected chi connectivity index (χ4v) is 3.05. The number of hydrogen-bond acceptors (Lipinski definition) is 3. The molecule has 0 unspecified atom stereocenters. The van der Waals surface area contributed by atoms with Gasteiger partial charge in [0.05, 0.1) is 4.48 Å². The maximum absolute atomic E-state index is 12.6. The molecule has 4 heteroatoms. The molecule has 1 aromatic carbocycles. The minimum absolute atomic E-state index is 0.146. The summed E-state index contributed by atoms with van der Waals surface area (Å²) in [5.74, 6) is -0.301. The first-order valence-electron chi connectivity index (χ1n) is 8.03. The normalized spacial score (nSPS) is 14.6. The van der Waals surface area contributed by atoms with Crippen LogP contribution in [0.4, 0.5) is 0 Å². The Kier molecular flexibility index (Phi) is 6.32. The van der Waals surface area contributed by atoms with Crippen LogP contribution in [0.15, 0.2) is 57.7 Å². The number of hydrogen-bond donors (Lipinski definition) is 1. The zero-order valence-electron chi connectivity index (χ0n) is 14.3. The third-order valence-corrected chi connectivity index (χ3v) is 4.64. The number of carbonyl (C=O) groups is 2. The van der Waals surface area contributed by atoms with Crippen molar-refractivity contribution in [3.8, 4) is 0 Å². The number of rotatable bonds is 6. The van der Waals surface area contributed by atoms with Crippen LogP contribution >= 0.6 is 15.9 Å². The lowest BCUT2D eigenvalue weighted by Crippen LogP contribution is -2.29. The van der Waals surface area contributed by atoms with E-state index < -0.39 is 0 Å². The molecule has 0 spiro atoms. The molecule has 0 fully saturated rings. The van der Waals surface area contributed by atoms with E-state index in [1.165, 1.54) is 11.1 Å². The fraction of sp³-hybridized carbons (Fsp3) is 0.300. The SMILES string of the molecule is CC(C)=CCCC(C)=CCNC1=C(Br)C(=O)c2ccccc2C1=O. The lowest BCUT2D eigenvalue weighted by Gasteiger charge is -2.18. The maximum atomic E-state index is 12.6. The van der Waals surface area contributed by atoms with E-state index in [-0.39, 0.29) is 11.6 Å². The number of halogens is 1. The topological polar surface area (TPSA) is 46.2 Å². The van der Waals surface area contributed by atoms with Crippen molar-refractivity contribution in [3.05, 3.63) is 68.9 Å². The van der Waals surface area contributed by atoms with Crippen LogP contribution in [0.2, 0.25) is 0 Å². The van der Waals surface area contributed by atoms with Crippen molar-refractivity contribution < 1.29 is 9.59 Å². The molecule has 126 valence electrons. The molecule has 1 N–H and O–H groups in total. The van der Waals surface area contributed by atoms with Gasteiger partial charge < -0.3 is 5.32 Å². The minimum atomic E-state index is -0.156. The number of Topliss-reactive ketones (excluding diaryl/α,β-unsaturated/α-hetero) is 2. The van der Waals surface area contributed by atoms with Crippen molar-refractivity contribution in [3.63, 3.8) is 0 Å². The monoisotopic (exact) mass is 387 g/mol. The van der Waals surface area contributed by atoms with Crippen molar-refractivity contribution in [2.24, 2.45) is 0 Å². The molecule has 0 aromatic heterocycles. The molecule has 0 heterocycles. The molecular weight excluding hydrogens is 366 g/mol. The van der Waals surface area contributed by atoms with Gasteiger partial charge in [0, 0.05) is 17.7 Å². The molecule has 0 amide bonds. The van der Waals surface area contributed by atoms with Crippen molar-refractivity contribution in [1.82, 2.24) is 5.32 Å². The lowest BCUT2D eigenvalue weighted by molar-refractivity contribution is 0.0976. The molecule has 0 radical (unpaired) electrons. The molecule has 0 bridgehead atoms. The molecule has 1 aliphatic carbocycles. The Bertz CT molecular complexity index is 753. The second-order valence-electron chi connectivity index (χ2n) is 6.14. The van der Waals surface area contributed by atoms with E-state index >= 15 is 0 Å². The van der Waals surface area contributed by atoms with Gasteiger partial charge in [-0.15, -0.1) is 0 Å². The first-order valence-corrected chi connectivity index (χ1v) is 8.82. The van der Waals surface area contributed by atoms with Crippen LogP contribution < -0.4 is 5.32 Å². The second kappa shape index (κ2) is 8.25. The van der Waals surface area contributed by atoms with Crippen LogP contribution in [-0.2, 0) is 0 Å². The number of nitrogens with one attached hydrogen (secondary N) is 1. The number of benzene rings is 1. The summed E-state index contributed by atoms with van der Waals surface area (Å²) in [6.07, 6.45) is 6.28. The standard InChI is InChI=1S/C20H22BrNO2/c1-13(2)7-6-8-14(3)11-12-22-18-17(21)19(23)15-9-4-5-10-16(15)20(18)24/h4-5,7,9-11,22H,6,8,12H2,1-3H3. The quantitative estimate of drug-likeness (QED) is 0.701. The highest BCUT2D eigenvalue weighted by Gasteiger charge is 2.30. The molecule has 0 atom stereocenters. The fourth-order valence-electron chi connectivity index (χ4n) is 2.52. The first-order chi connectivity index (χ1) is 11.4. The molecule has 0 aliphatic heterocycles. The first kappa shape index (κ1) is 18.4. The van der Waals surface area contributed by atoms with Crippen LogP contribution in [-0.4, -0.2) is 18.1 Å². The average molecular weight is 388 g/mol. The van der Waals surface area contributed by atoms with E-state index in [2.05, 4.69) is 54.2 Å². The average Bonchev–Trinajstić information content (AvgIpc) is 2.55. The molecule has 24 heavy (non-hydrogen) atoms. The van der Waals surface area contributed by atoms with Gasteiger partial charge in [-0.3, -0.25) is 9.59 Å². The summed E-state index contributed by atoms with van der Waals surface area (Å²) in [6, 6.07) is 6.91. The van der Waals surface area contributed by atoms with Gasteiger partial charge in [-0.2, -0.15) is 0 Å². The number of allylic oxidation sites excluding steroid dienone is 5.